The van der Waals surface area contributed by atoms with Gasteiger partial charge in [-0.3, -0.25) is 9.59 Å². The number of rotatable bonds is 8. The molecule has 0 atom stereocenters. The Hall–Kier alpha value is -4.14. The summed E-state index contributed by atoms with van der Waals surface area (Å²) >= 11 is 0. The summed E-state index contributed by atoms with van der Waals surface area (Å²) in [7, 11) is 0. The van der Waals surface area contributed by atoms with Crippen LogP contribution in [0.3, 0.4) is 0 Å². The number of nitrogens with zero attached hydrogens (tertiary/aromatic N) is 1. The molecule has 8 nitrogen and oxygen atoms in total. The van der Waals surface area contributed by atoms with Gasteiger partial charge in [-0.05, 0) is 55.4 Å². The first-order chi connectivity index (χ1) is 18.0. The third-order valence-electron chi connectivity index (χ3n) is 6.58. The Morgan fingerprint density at radius 2 is 1.78 bits per heavy atom. The van der Waals surface area contributed by atoms with Gasteiger partial charge in [-0.1, -0.05) is 30.3 Å². The summed E-state index contributed by atoms with van der Waals surface area (Å²) in [4.78, 5) is 29.3. The molecular formula is C28H27FN2O6. The van der Waals surface area contributed by atoms with Crippen LogP contribution < -0.4 is 19.5 Å². The van der Waals surface area contributed by atoms with E-state index in [4.69, 9.17) is 18.9 Å². The molecule has 0 unspecified atom stereocenters. The predicted octanol–water partition coefficient (Wildman–Crippen LogP) is 5.02. The van der Waals surface area contributed by atoms with E-state index in [0.29, 0.717) is 36.6 Å². The molecule has 192 valence electrons. The second kappa shape index (κ2) is 11.3. The first-order valence-corrected chi connectivity index (χ1v) is 12.3. The lowest BCUT2D eigenvalue weighted by molar-refractivity contribution is -0.151. The lowest BCUT2D eigenvalue weighted by atomic mass is 9.82. The van der Waals surface area contributed by atoms with Crippen molar-refractivity contribution in [2.75, 3.05) is 13.3 Å². The van der Waals surface area contributed by atoms with Crippen LogP contribution in [0.4, 0.5) is 4.39 Å². The van der Waals surface area contributed by atoms with Gasteiger partial charge < -0.3 is 24.3 Å². The fourth-order valence-electron chi connectivity index (χ4n) is 4.50. The zero-order chi connectivity index (χ0) is 25.6. The number of nitrogens with one attached hydrogen (secondary N) is 1. The van der Waals surface area contributed by atoms with Gasteiger partial charge in [0.15, 0.2) is 11.5 Å². The van der Waals surface area contributed by atoms with Crippen molar-refractivity contribution in [1.29, 1.82) is 0 Å². The number of carbonyl (C=O) groups is 2. The molecule has 9 heteroatoms. The van der Waals surface area contributed by atoms with Gasteiger partial charge in [0.2, 0.25) is 12.7 Å². The van der Waals surface area contributed by atoms with Gasteiger partial charge in [0.25, 0.3) is 5.91 Å². The van der Waals surface area contributed by atoms with Crippen molar-refractivity contribution in [3.63, 3.8) is 0 Å². The minimum Gasteiger partial charge on any atom is -0.461 e. The third kappa shape index (κ3) is 6.17. The highest BCUT2D eigenvalue weighted by atomic mass is 19.1. The smallest absolute Gasteiger partial charge is 0.309 e. The Morgan fingerprint density at radius 1 is 1.00 bits per heavy atom. The third-order valence-corrected chi connectivity index (χ3v) is 6.58. The summed E-state index contributed by atoms with van der Waals surface area (Å²) < 4.78 is 35.8. The summed E-state index contributed by atoms with van der Waals surface area (Å²) in [6.07, 6.45) is 3.97. The van der Waals surface area contributed by atoms with Crippen LogP contribution in [0.5, 0.6) is 23.1 Å². The molecule has 2 aliphatic rings. The number of fused-ring (bicyclic) bond motifs is 1. The van der Waals surface area contributed by atoms with Crippen LogP contribution in [-0.2, 0) is 16.1 Å². The van der Waals surface area contributed by atoms with E-state index >= 15 is 0 Å². The maximum absolute atomic E-state index is 13.9. The highest BCUT2D eigenvalue weighted by molar-refractivity contribution is 5.96. The van der Waals surface area contributed by atoms with Crippen molar-refractivity contribution in [3.05, 3.63) is 77.7 Å². The summed E-state index contributed by atoms with van der Waals surface area (Å²) in [6.45, 7) is 0.802. The van der Waals surface area contributed by atoms with E-state index in [2.05, 4.69) is 10.3 Å². The number of hydrogen-bond acceptors (Lipinski definition) is 7. The molecule has 0 spiro atoms. The normalized spacial score (nSPS) is 18.2. The molecule has 1 aliphatic heterocycles. The van der Waals surface area contributed by atoms with Crippen molar-refractivity contribution >= 4 is 11.9 Å². The zero-order valence-corrected chi connectivity index (χ0v) is 20.2. The molecule has 2 aromatic carbocycles. The average Bonchev–Trinajstić information content (AvgIpc) is 3.40. The van der Waals surface area contributed by atoms with E-state index in [9.17, 15) is 14.0 Å². The van der Waals surface area contributed by atoms with E-state index in [1.54, 1.807) is 18.2 Å². The minimum atomic E-state index is -0.641. The van der Waals surface area contributed by atoms with Gasteiger partial charge in [0, 0.05) is 12.6 Å². The van der Waals surface area contributed by atoms with Gasteiger partial charge in [-0.2, -0.15) is 0 Å². The number of amides is 1. The predicted molar refractivity (Wildman–Crippen MR) is 131 cm³/mol. The topological polar surface area (TPSA) is 96.0 Å². The number of benzene rings is 2. The van der Waals surface area contributed by atoms with E-state index in [0.717, 1.165) is 30.7 Å². The van der Waals surface area contributed by atoms with E-state index in [-0.39, 0.29) is 42.6 Å². The van der Waals surface area contributed by atoms with Crippen molar-refractivity contribution in [1.82, 2.24) is 10.3 Å². The SMILES string of the molecule is O=C(NCC1CCC(C(=O)OCc2ccccc2)CC1)c1cc(F)cnc1Oc1ccc2c(c1)OCO2. The van der Waals surface area contributed by atoms with Crippen molar-refractivity contribution in [2.24, 2.45) is 11.8 Å². The molecule has 2 heterocycles. The summed E-state index contributed by atoms with van der Waals surface area (Å²) in [6, 6.07) is 15.7. The second-order valence-electron chi connectivity index (χ2n) is 9.14. The van der Waals surface area contributed by atoms with E-state index in [1.165, 1.54) is 0 Å². The minimum absolute atomic E-state index is 0.00385. The summed E-state index contributed by atoms with van der Waals surface area (Å²) in [5, 5.41) is 2.87. The summed E-state index contributed by atoms with van der Waals surface area (Å²) in [5.41, 5.74) is 0.955. The number of ether oxygens (including phenoxy) is 4. The first kappa shape index (κ1) is 24.5. The van der Waals surface area contributed by atoms with Gasteiger partial charge in [-0.25, -0.2) is 9.37 Å². The fourth-order valence-corrected chi connectivity index (χ4v) is 4.50. The molecule has 1 amide bonds. The fraction of sp³-hybridized carbons (Fsp3) is 0.321. The molecule has 0 radical (unpaired) electrons. The number of esters is 1. The van der Waals surface area contributed by atoms with Crippen molar-refractivity contribution in [2.45, 2.75) is 32.3 Å². The van der Waals surface area contributed by atoms with Gasteiger partial charge in [0.05, 0.1) is 12.1 Å². The standard InChI is InChI=1S/C28H27FN2O6/c29-21-12-23(27(31-15-21)37-22-10-11-24-25(13-22)36-17-35-24)26(32)30-14-18-6-8-20(9-7-18)28(33)34-16-19-4-2-1-3-5-19/h1-5,10-13,15,18,20H,6-9,14,16-17H2,(H,30,32). The Balaban J connectivity index is 1.12. The van der Waals surface area contributed by atoms with Crippen molar-refractivity contribution in [3.8, 4) is 23.1 Å². The largest absolute Gasteiger partial charge is 0.461 e. The molecule has 1 saturated carbocycles. The van der Waals surface area contributed by atoms with Crippen LogP contribution in [0, 0.1) is 17.7 Å². The number of halogens is 1. The number of hydrogen-bond donors (Lipinski definition) is 1. The highest BCUT2D eigenvalue weighted by Crippen LogP contribution is 2.37. The van der Waals surface area contributed by atoms with Crippen LogP contribution in [0.2, 0.25) is 0 Å². The van der Waals surface area contributed by atoms with E-state index in [1.807, 2.05) is 30.3 Å². The Morgan fingerprint density at radius 3 is 2.59 bits per heavy atom. The molecule has 3 aromatic rings. The highest BCUT2D eigenvalue weighted by Gasteiger charge is 2.28. The van der Waals surface area contributed by atoms with E-state index < -0.39 is 11.7 Å². The van der Waals surface area contributed by atoms with Gasteiger partial charge in [-0.15, -0.1) is 0 Å². The van der Waals surface area contributed by atoms with Crippen LogP contribution in [0.25, 0.3) is 0 Å². The first-order valence-electron chi connectivity index (χ1n) is 12.3. The monoisotopic (exact) mass is 506 g/mol. The lowest BCUT2D eigenvalue weighted by Crippen LogP contribution is -2.33. The molecular weight excluding hydrogens is 479 g/mol. The Bertz CT molecular complexity index is 1260. The molecule has 5 rings (SSSR count). The molecule has 1 fully saturated rings. The molecule has 0 bridgehead atoms. The number of pyridine rings is 1. The molecule has 1 N–H and O–H groups in total. The van der Waals surface area contributed by atoms with Crippen LogP contribution >= 0.6 is 0 Å². The molecule has 37 heavy (non-hydrogen) atoms. The van der Waals surface area contributed by atoms with Crippen LogP contribution in [0.1, 0.15) is 41.6 Å². The number of aromatic nitrogens is 1. The molecule has 1 aromatic heterocycles. The Kier molecular flexibility index (Phi) is 7.49. The quantitative estimate of drug-likeness (QED) is 0.429. The average molecular weight is 507 g/mol. The van der Waals surface area contributed by atoms with Gasteiger partial charge in [0.1, 0.15) is 23.7 Å². The summed E-state index contributed by atoms with van der Waals surface area (Å²) in [5.74, 6) is 0.262. The van der Waals surface area contributed by atoms with Crippen LogP contribution in [-0.4, -0.2) is 30.2 Å². The zero-order valence-electron chi connectivity index (χ0n) is 20.2. The number of carbonyl (C=O) groups excluding carboxylic acids is 2. The van der Waals surface area contributed by atoms with Crippen LogP contribution in [0.15, 0.2) is 60.8 Å². The molecule has 0 saturated heterocycles. The maximum Gasteiger partial charge on any atom is 0.309 e. The van der Waals surface area contributed by atoms with Crippen molar-refractivity contribution < 1.29 is 32.9 Å². The second-order valence-corrected chi connectivity index (χ2v) is 9.14. The molecule has 1 aliphatic carbocycles. The maximum atomic E-state index is 13.9. The van der Waals surface area contributed by atoms with Gasteiger partial charge >= 0.3 is 5.97 Å². The Labute approximate surface area is 213 Å². The lowest BCUT2D eigenvalue weighted by Gasteiger charge is -2.27.